The largest absolute Gasteiger partial charge is 0.387 e. The van der Waals surface area contributed by atoms with Crippen molar-refractivity contribution in [2.45, 2.75) is 6.10 Å². The fourth-order valence-corrected chi connectivity index (χ4v) is 2.69. The standard InChI is InChI=1S/C19H16FN5O/c20-15-9-5-4-8-14(15)19-23-22-18-11-10-17(24-25(18)19)21-12-16(26)13-6-2-1-3-7-13/h1-11,16,26H,12H2,(H,21,24)/t16-/m0/s1. The van der Waals surface area contributed by atoms with Crippen LogP contribution < -0.4 is 5.32 Å². The quantitative estimate of drug-likeness (QED) is 0.579. The van der Waals surface area contributed by atoms with Crippen molar-refractivity contribution in [1.29, 1.82) is 0 Å². The zero-order valence-electron chi connectivity index (χ0n) is 13.7. The van der Waals surface area contributed by atoms with Gasteiger partial charge in [0.15, 0.2) is 11.5 Å². The molecule has 2 aromatic carbocycles. The maximum absolute atomic E-state index is 14.1. The summed E-state index contributed by atoms with van der Waals surface area (Å²) in [6.45, 7) is 0.291. The number of aliphatic hydroxyl groups excluding tert-OH is 1. The van der Waals surface area contributed by atoms with E-state index in [0.717, 1.165) is 5.56 Å². The molecule has 0 amide bonds. The molecule has 2 heterocycles. The number of halogens is 1. The number of fused-ring (bicyclic) bond motifs is 1. The lowest BCUT2D eigenvalue weighted by molar-refractivity contribution is 0.191. The van der Waals surface area contributed by atoms with Gasteiger partial charge in [-0.05, 0) is 29.8 Å². The lowest BCUT2D eigenvalue weighted by atomic mass is 10.1. The van der Waals surface area contributed by atoms with Crippen molar-refractivity contribution >= 4 is 11.5 Å². The van der Waals surface area contributed by atoms with Crippen LogP contribution in [0.1, 0.15) is 11.7 Å². The van der Waals surface area contributed by atoms with Gasteiger partial charge in [0.05, 0.1) is 11.7 Å². The molecule has 6 nitrogen and oxygen atoms in total. The zero-order chi connectivity index (χ0) is 17.9. The molecule has 0 fully saturated rings. The van der Waals surface area contributed by atoms with Crippen LogP contribution in [0.4, 0.5) is 10.2 Å². The van der Waals surface area contributed by atoms with E-state index in [1.54, 1.807) is 30.3 Å². The molecule has 7 heteroatoms. The predicted molar refractivity (Wildman–Crippen MR) is 96.1 cm³/mol. The van der Waals surface area contributed by atoms with Gasteiger partial charge in [-0.25, -0.2) is 4.39 Å². The third-order valence-electron chi connectivity index (χ3n) is 4.04. The first-order chi connectivity index (χ1) is 12.7. The smallest absolute Gasteiger partial charge is 0.188 e. The predicted octanol–water partition coefficient (Wildman–Crippen LogP) is 3.08. The van der Waals surface area contributed by atoms with Crippen LogP contribution in [0.15, 0.2) is 66.7 Å². The van der Waals surface area contributed by atoms with Crippen LogP contribution in [-0.4, -0.2) is 31.5 Å². The third kappa shape index (κ3) is 3.12. The first-order valence-corrected chi connectivity index (χ1v) is 8.16. The van der Waals surface area contributed by atoms with Crippen molar-refractivity contribution in [1.82, 2.24) is 19.8 Å². The minimum Gasteiger partial charge on any atom is -0.387 e. The van der Waals surface area contributed by atoms with Gasteiger partial charge in [-0.3, -0.25) is 0 Å². The van der Waals surface area contributed by atoms with Gasteiger partial charge in [0, 0.05) is 6.54 Å². The Balaban J connectivity index is 1.59. The molecule has 0 aliphatic heterocycles. The summed E-state index contributed by atoms with van der Waals surface area (Å²) in [6.07, 6.45) is -0.666. The maximum Gasteiger partial charge on any atom is 0.188 e. The Morgan fingerprint density at radius 3 is 2.54 bits per heavy atom. The van der Waals surface area contributed by atoms with E-state index in [1.807, 2.05) is 30.3 Å². The monoisotopic (exact) mass is 349 g/mol. The summed E-state index contributed by atoms with van der Waals surface area (Å²) >= 11 is 0. The Morgan fingerprint density at radius 2 is 1.73 bits per heavy atom. The molecule has 0 aliphatic rings. The van der Waals surface area contributed by atoms with Gasteiger partial charge in [-0.2, -0.15) is 4.52 Å². The van der Waals surface area contributed by atoms with Crippen LogP contribution in [0.5, 0.6) is 0 Å². The van der Waals surface area contributed by atoms with Gasteiger partial charge >= 0.3 is 0 Å². The number of anilines is 1. The lowest BCUT2D eigenvalue weighted by Gasteiger charge is -2.12. The number of rotatable bonds is 5. The van der Waals surface area contributed by atoms with Crippen LogP contribution in [-0.2, 0) is 0 Å². The van der Waals surface area contributed by atoms with Crippen molar-refractivity contribution in [2.24, 2.45) is 0 Å². The molecule has 4 aromatic rings. The highest BCUT2D eigenvalue weighted by Crippen LogP contribution is 2.21. The summed E-state index contributed by atoms with van der Waals surface area (Å²) in [6, 6.07) is 19.2. The number of nitrogens with one attached hydrogen (secondary N) is 1. The number of aliphatic hydroxyl groups is 1. The van der Waals surface area contributed by atoms with E-state index in [9.17, 15) is 9.50 Å². The Kier molecular flexibility index (Phi) is 4.28. The minimum absolute atomic E-state index is 0.291. The van der Waals surface area contributed by atoms with E-state index in [4.69, 9.17) is 0 Å². The number of hydrogen-bond donors (Lipinski definition) is 2. The normalized spacial score (nSPS) is 12.2. The number of benzene rings is 2. The topological polar surface area (TPSA) is 75.3 Å². The summed E-state index contributed by atoms with van der Waals surface area (Å²) in [5.41, 5.74) is 1.66. The Bertz CT molecular complexity index is 1030. The van der Waals surface area contributed by atoms with Crippen molar-refractivity contribution in [3.8, 4) is 11.4 Å². The minimum atomic E-state index is -0.666. The molecule has 1 atom stereocenters. The average Bonchev–Trinajstić information content (AvgIpc) is 3.10. The molecule has 0 unspecified atom stereocenters. The van der Waals surface area contributed by atoms with Crippen LogP contribution >= 0.6 is 0 Å². The van der Waals surface area contributed by atoms with E-state index < -0.39 is 6.10 Å². The molecule has 0 saturated heterocycles. The summed E-state index contributed by atoms with van der Waals surface area (Å²) in [4.78, 5) is 0. The fourth-order valence-electron chi connectivity index (χ4n) is 2.69. The first-order valence-electron chi connectivity index (χ1n) is 8.16. The van der Waals surface area contributed by atoms with Crippen LogP contribution in [0, 0.1) is 5.82 Å². The van der Waals surface area contributed by atoms with Crippen molar-refractivity contribution in [2.75, 3.05) is 11.9 Å². The van der Waals surface area contributed by atoms with Crippen LogP contribution in [0.2, 0.25) is 0 Å². The van der Waals surface area contributed by atoms with E-state index in [2.05, 4.69) is 20.6 Å². The first kappa shape index (κ1) is 16.2. The molecule has 0 bridgehead atoms. The number of aromatic nitrogens is 4. The Morgan fingerprint density at radius 1 is 0.962 bits per heavy atom. The van der Waals surface area contributed by atoms with E-state index >= 15 is 0 Å². The van der Waals surface area contributed by atoms with Gasteiger partial charge in [-0.1, -0.05) is 42.5 Å². The molecule has 0 radical (unpaired) electrons. The fraction of sp³-hybridized carbons (Fsp3) is 0.105. The van der Waals surface area contributed by atoms with Gasteiger partial charge in [0.25, 0.3) is 0 Å². The van der Waals surface area contributed by atoms with Crippen LogP contribution in [0.3, 0.4) is 0 Å². The second-order valence-corrected chi connectivity index (χ2v) is 5.80. The molecule has 4 rings (SSSR count). The van der Waals surface area contributed by atoms with Crippen molar-refractivity contribution in [3.05, 3.63) is 78.1 Å². The van der Waals surface area contributed by atoms with E-state index in [1.165, 1.54) is 10.6 Å². The van der Waals surface area contributed by atoms with Gasteiger partial charge in [0.1, 0.15) is 11.6 Å². The van der Waals surface area contributed by atoms with Crippen molar-refractivity contribution in [3.63, 3.8) is 0 Å². The average molecular weight is 349 g/mol. The molecule has 2 N–H and O–H groups in total. The number of hydrogen-bond acceptors (Lipinski definition) is 5. The molecule has 0 saturated carbocycles. The molecule has 2 aromatic heterocycles. The molecule has 0 spiro atoms. The summed E-state index contributed by atoms with van der Waals surface area (Å²) in [7, 11) is 0. The van der Waals surface area contributed by atoms with Crippen LogP contribution in [0.25, 0.3) is 17.0 Å². The van der Waals surface area contributed by atoms with Gasteiger partial charge in [-0.15, -0.1) is 15.3 Å². The SMILES string of the molecule is O[C@@H](CNc1ccc2nnc(-c3ccccc3F)n2n1)c1ccccc1. The number of nitrogens with zero attached hydrogens (tertiary/aromatic N) is 4. The second-order valence-electron chi connectivity index (χ2n) is 5.80. The molecular weight excluding hydrogens is 333 g/mol. The molecule has 0 aliphatic carbocycles. The highest BCUT2D eigenvalue weighted by atomic mass is 19.1. The van der Waals surface area contributed by atoms with E-state index in [0.29, 0.717) is 29.4 Å². The Hall–Kier alpha value is -3.32. The highest BCUT2D eigenvalue weighted by Gasteiger charge is 2.14. The lowest BCUT2D eigenvalue weighted by Crippen LogP contribution is -2.13. The summed E-state index contributed by atoms with van der Waals surface area (Å²) < 4.78 is 15.5. The zero-order valence-corrected chi connectivity index (χ0v) is 13.7. The summed E-state index contributed by atoms with van der Waals surface area (Å²) in [5, 5.41) is 25.8. The Labute approximate surface area is 148 Å². The maximum atomic E-state index is 14.1. The molecular formula is C19H16FN5O. The van der Waals surface area contributed by atoms with Gasteiger partial charge < -0.3 is 10.4 Å². The summed E-state index contributed by atoms with van der Waals surface area (Å²) in [5.74, 6) is 0.469. The highest BCUT2D eigenvalue weighted by molar-refractivity contribution is 5.60. The van der Waals surface area contributed by atoms with Crippen molar-refractivity contribution < 1.29 is 9.50 Å². The van der Waals surface area contributed by atoms with Gasteiger partial charge in [0.2, 0.25) is 0 Å². The third-order valence-corrected chi connectivity index (χ3v) is 4.04. The molecule has 130 valence electrons. The van der Waals surface area contributed by atoms with E-state index in [-0.39, 0.29) is 5.82 Å². The second kappa shape index (κ2) is 6.89. The molecule has 26 heavy (non-hydrogen) atoms.